The van der Waals surface area contributed by atoms with Crippen LogP contribution < -0.4 is 10.5 Å². The van der Waals surface area contributed by atoms with Crippen LogP contribution in [0.5, 0.6) is 5.88 Å². The SMILES string of the molecule is Cc1c(N)nc(C2CC2)nc1OCCC1CCC1. The van der Waals surface area contributed by atoms with Gasteiger partial charge in [-0.25, -0.2) is 4.98 Å². The normalized spacial score (nSPS) is 19.6. The molecule has 1 aromatic rings. The first-order valence-corrected chi connectivity index (χ1v) is 7.01. The van der Waals surface area contributed by atoms with Crippen LogP contribution in [0.15, 0.2) is 0 Å². The van der Waals surface area contributed by atoms with Crippen molar-refractivity contribution in [2.45, 2.75) is 51.4 Å². The van der Waals surface area contributed by atoms with Crippen molar-refractivity contribution in [1.82, 2.24) is 9.97 Å². The van der Waals surface area contributed by atoms with Crippen LogP contribution in [0, 0.1) is 12.8 Å². The Hall–Kier alpha value is -1.32. The smallest absolute Gasteiger partial charge is 0.221 e. The van der Waals surface area contributed by atoms with E-state index in [2.05, 4.69) is 9.97 Å². The first-order chi connectivity index (χ1) is 8.74. The highest BCUT2D eigenvalue weighted by atomic mass is 16.5. The molecular formula is C14H21N3O. The molecule has 0 bridgehead atoms. The lowest BCUT2D eigenvalue weighted by atomic mass is 9.83. The lowest BCUT2D eigenvalue weighted by Crippen LogP contribution is -2.15. The molecule has 4 heteroatoms. The van der Waals surface area contributed by atoms with Crippen molar-refractivity contribution in [3.8, 4) is 5.88 Å². The molecule has 0 spiro atoms. The summed E-state index contributed by atoms with van der Waals surface area (Å²) in [6.07, 6.45) is 7.62. The highest BCUT2D eigenvalue weighted by Crippen LogP contribution is 2.39. The van der Waals surface area contributed by atoms with Crippen molar-refractivity contribution in [2.75, 3.05) is 12.3 Å². The largest absolute Gasteiger partial charge is 0.477 e. The maximum atomic E-state index is 5.92. The number of hydrogen-bond donors (Lipinski definition) is 1. The molecule has 1 aromatic heterocycles. The summed E-state index contributed by atoms with van der Waals surface area (Å²) in [7, 11) is 0. The first-order valence-electron chi connectivity index (χ1n) is 7.01. The summed E-state index contributed by atoms with van der Waals surface area (Å²) in [5.41, 5.74) is 6.81. The minimum Gasteiger partial charge on any atom is -0.477 e. The number of ether oxygens (including phenoxy) is 1. The Morgan fingerprint density at radius 2 is 2.00 bits per heavy atom. The van der Waals surface area contributed by atoms with Gasteiger partial charge < -0.3 is 10.5 Å². The number of anilines is 1. The third kappa shape index (κ3) is 2.42. The van der Waals surface area contributed by atoms with E-state index in [-0.39, 0.29) is 0 Å². The zero-order chi connectivity index (χ0) is 12.5. The molecular weight excluding hydrogens is 226 g/mol. The van der Waals surface area contributed by atoms with Gasteiger partial charge in [0.05, 0.1) is 12.2 Å². The standard InChI is InChI=1S/C14H21N3O/c1-9-12(15)16-13(11-5-6-11)17-14(9)18-8-7-10-3-2-4-10/h10-11H,2-8H2,1H3,(H2,15,16,17). The van der Waals surface area contributed by atoms with Gasteiger partial charge in [0.1, 0.15) is 11.6 Å². The van der Waals surface area contributed by atoms with Crippen LogP contribution in [0.25, 0.3) is 0 Å². The minimum absolute atomic E-state index is 0.516. The van der Waals surface area contributed by atoms with E-state index in [1.807, 2.05) is 6.92 Å². The number of nitrogens with zero attached hydrogens (tertiary/aromatic N) is 2. The van der Waals surface area contributed by atoms with Gasteiger partial charge in [-0.2, -0.15) is 4.98 Å². The van der Waals surface area contributed by atoms with E-state index in [1.165, 1.54) is 32.1 Å². The molecule has 18 heavy (non-hydrogen) atoms. The summed E-state index contributed by atoms with van der Waals surface area (Å²) in [4.78, 5) is 8.88. The van der Waals surface area contributed by atoms with E-state index in [1.54, 1.807) is 0 Å². The molecule has 0 amide bonds. The van der Waals surface area contributed by atoms with Crippen LogP contribution in [0.3, 0.4) is 0 Å². The average molecular weight is 247 g/mol. The van der Waals surface area contributed by atoms with Crippen LogP contribution in [-0.2, 0) is 0 Å². The quantitative estimate of drug-likeness (QED) is 0.869. The molecule has 2 aliphatic carbocycles. The van der Waals surface area contributed by atoms with Gasteiger partial charge in [-0.3, -0.25) is 0 Å². The zero-order valence-corrected chi connectivity index (χ0v) is 11.0. The van der Waals surface area contributed by atoms with E-state index in [0.717, 1.165) is 30.3 Å². The van der Waals surface area contributed by atoms with Gasteiger partial charge in [-0.15, -0.1) is 0 Å². The summed E-state index contributed by atoms with van der Waals surface area (Å²) in [6.45, 7) is 2.69. The molecule has 0 unspecified atom stereocenters. The predicted octanol–water partition coefficient (Wildman–Crippen LogP) is 2.81. The van der Waals surface area contributed by atoms with E-state index in [9.17, 15) is 0 Å². The Bertz CT molecular complexity index is 439. The van der Waals surface area contributed by atoms with Crippen LogP contribution in [-0.4, -0.2) is 16.6 Å². The molecule has 0 saturated heterocycles. The molecule has 2 aliphatic rings. The molecule has 2 N–H and O–H groups in total. The summed E-state index contributed by atoms with van der Waals surface area (Å²) in [6, 6.07) is 0. The number of rotatable bonds is 5. The van der Waals surface area contributed by atoms with Gasteiger partial charge in [0, 0.05) is 5.92 Å². The maximum Gasteiger partial charge on any atom is 0.221 e. The number of nitrogen functional groups attached to an aromatic ring is 1. The van der Waals surface area contributed by atoms with Crippen molar-refractivity contribution < 1.29 is 4.74 Å². The molecule has 3 rings (SSSR count). The third-order valence-corrected chi connectivity index (χ3v) is 4.09. The molecule has 1 heterocycles. The van der Waals surface area contributed by atoms with E-state index >= 15 is 0 Å². The topological polar surface area (TPSA) is 61.0 Å². The number of hydrogen-bond acceptors (Lipinski definition) is 4. The Labute approximate surface area is 108 Å². The molecule has 0 aliphatic heterocycles. The Balaban J connectivity index is 1.65. The molecule has 2 saturated carbocycles. The maximum absolute atomic E-state index is 5.92. The minimum atomic E-state index is 0.516. The summed E-state index contributed by atoms with van der Waals surface area (Å²) in [5, 5.41) is 0. The predicted molar refractivity (Wildman–Crippen MR) is 70.6 cm³/mol. The fourth-order valence-corrected chi connectivity index (χ4v) is 2.30. The van der Waals surface area contributed by atoms with Gasteiger partial charge in [0.25, 0.3) is 0 Å². The van der Waals surface area contributed by atoms with Crippen molar-refractivity contribution in [3.63, 3.8) is 0 Å². The third-order valence-electron chi connectivity index (χ3n) is 4.09. The number of aromatic nitrogens is 2. The lowest BCUT2D eigenvalue weighted by molar-refractivity contribution is 0.216. The van der Waals surface area contributed by atoms with Gasteiger partial charge >= 0.3 is 0 Å². The monoisotopic (exact) mass is 247 g/mol. The van der Waals surface area contributed by atoms with Crippen LogP contribution in [0.4, 0.5) is 5.82 Å². The molecule has 0 radical (unpaired) electrons. The van der Waals surface area contributed by atoms with Gasteiger partial charge in [0.2, 0.25) is 5.88 Å². The fourth-order valence-electron chi connectivity index (χ4n) is 2.30. The van der Waals surface area contributed by atoms with E-state index in [4.69, 9.17) is 10.5 Å². The van der Waals surface area contributed by atoms with Crippen molar-refractivity contribution in [2.24, 2.45) is 5.92 Å². The van der Waals surface area contributed by atoms with Gasteiger partial charge in [-0.05, 0) is 32.1 Å². The molecule has 4 nitrogen and oxygen atoms in total. The Morgan fingerprint density at radius 3 is 2.61 bits per heavy atom. The zero-order valence-electron chi connectivity index (χ0n) is 11.0. The van der Waals surface area contributed by atoms with Crippen molar-refractivity contribution in [3.05, 3.63) is 11.4 Å². The number of nitrogens with two attached hydrogens (primary N) is 1. The second kappa shape index (κ2) is 4.75. The average Bonchev–Trinajstić information content (AvgIpc) is 3.11. The Morgan fingerprint density at radius 1 is 1.22 bits per heavy atom. The fraction of sp³-hybridized carbons (Fsp3) is 0.714. The second-order valence-electron chi connectivity index (χ2n) is 5.61. The van der Waals surface area contributed by atoms with Crippen molar-refractivity contribution >= 4 is 5.82 Å². The molecule has 0 atom stereocenters. The van der Waals surface area contributed by atoms with Crippen LogP contribution in [0.2, 0.25) is 0 Å². The molecule has 98 valence electrons. The van der Waals surface area contributed by atoms with E-state index in [0.29, 0.717) is 17.6 Å². The molecule has 0 aromatic carbocycles. The van der Waals surface area contributed by atoms with Gasteiger partial charge in [-0.1, -0.05) is 19.3 Å². The van der Waals surface area contributed by atoms with E-state index < -0.39 is 0 Å². The van der Waals surface area contributed by atoms with Crippen LogP contribution >= 0.6 is 0 Å². The highest BCUT2D eigenvalue weighted by molar-refractivity contribution is 5.45. The molecule has 2 fully saturated rings. The summed E-state index contributed by atoms with van der Waals surface area (Å²) >= 11 is 0. The second-order valence-corrected chi connectivity index (χ2v) is 5.61. The Kier molecular flexibility index (Phi) is 3.10. The summed E-state index contributed by atoms with van der Waals surface area (Å²) in [5.74, 6) is 3.53. The van der Waals surface area contributed by atoms with Crippen molar-refractivity contribution in [1.29, 1.82) is 0 Å². The first kappa shape index (κ1) is 11.8. The lowest BCUT2D eigenvalue weighted by Gasteiger charge is -2.25. The van der Waals surface area contributed by atoms with Gasteiger partial charge in [0.15, 0.2) is 0 Å². The highest BCUT2D eigenvalue weighted by Gasteiger charge is 2.28. The van der Waals surface area contributed by atoms with Crippen LogP contribution in [0.1, 0.15) is 55.8 Å². The summed E-state index contributed by atoms with van der Waals surface area (Å²) < 4.78 is 5.81.